The van der Waals surface area contributed by atoms with Gasteiger partial charge in [-0.15, -0.1) is 0 Å². The van der Waals surface area contributed by atoms with Crippen LogP contribution < -0.4 is 4.90 Å². The van der Waals surface area contributed by atoms with Crippen LogP contribution in [0.2, 0.25) is 0 Å². The molecule has 0 N–H and O–H groups in total. The van der Waals surface area contributed by atoms with Crippen LogP contribution in [0.1, 0.15) is 47.0 Å². The van der Waals surface area contributed by atoms with Crippen molar-refractivity contribution in [3.8, 4) is 0 Å². The molecular formula is C34H36N2O2S. The fourth-order valence-electron chi connectivity index (χ4n) is 5.61. The van der Waals surface area contributed by atoms with E-state index in [2.05, 4.69) is 71.8 Å². The van der Waals surface area contributed by atoms with Crippen molar-refractivity contribution >= 4 is 26.4 Å². The summed E-state index contributed by atoms with van der Waals surface area (Å²) in [5, 5.41) is 0.164. The average molecular weight is 537 g/mol. The summed E-state index contributed by atoms with van der Waals surface area (Å²) in [7, 11) is -3.75. The van der Waals surface area contributed by atoms with Gasteiger partial charge in [0.1, 0.15) is 5.25 Å². The van der Waals surface area contributed by atoms with E-state index in [1.54, 1.807) is 12.1 Å². The van der Waals surface area contributed by atoms with Gasteiger partial charge < -0.3 is 9.47 Å². The van der Waals surface area contributed by atoms with Gasteiger partial charge in [0.25, 0.3) is 0 Å². The lowest BCUT2D eigenvalue weighted by atomic mass is 10.0. The SMILES string of the molecule is CCN(Cc1ccccc1)c1ccc(C(c2c(C)n(CC)c3ccccc23)S(=O)(=O)c2ccc(C)cc2)cc1. The molecule has 4 aromatic carbocycles. The maximum absolute atomic E-state index is 14.4. The fourth-order valence-corrected chi connectivity index (χ4v) is 7.52. The zero-order valence-corrected chi connectivity index (χ0v) is 23.9. The number of anilines is 1. The predicted molar refractivity (Wildman–Crippen MR) is 162 cm³/mol. The Kier molecular flexibility index (Phi) is 7.62. The maximum Gasteiger partial charge on any atom is 0.189 e. The Balaban J connectivity index is 1.65. The molecule has 5 aromatic rings. The zero-order chi connectivity index (χ0) is 27.6. The van der Waals surface area contributed by atoms with Crippen LogP contribution >= 0.6 is 0 Å². The first-order chi connectivity index (χ1) is 18.8. The highest BCUT2D eigenvalue weighted by Gasteiger charge is 2.35. The Morgan fingerprint density at radius 1 is 0.769 bits per heavy atom. The first-order valence-electron chi connectivity index (χ1n) is 13.6. The van der Waals surface area contributed by atoms with Crippen molar-refractivity contribution in [2.75, 3.05) is 11.4 Å². The molecule has 0 amide bonds. The Morgan fingerprint density at radius 3 is 2.05 bits per heavy atom. The van der Waals surface area contributed by atoms with Crippen LogP contribution in [0.5, 0.6) is 0 Å². The molecule has 0 aliphatic carbocycles. The monoisotopic (exact) mass is 536 g/mol. The lowest BCUT2D eigenvalue weighted by molar-refractivity contribution is 0.588. The highest BCUT2D eigenvalue weighted by Crippen LogP contribution is 2.42. The molecule has 0 saturated carbocycles. The summed E-state index contributed by atoms with van der Waals surface area (Å²) in [6.07, 6.45) is 0. The number of aromatic nitrogens is 1. The van der Waals surface area contributed by atoms with Gasteiger partial charge in [-0.1, -0.05) is 78.4 Å². The van der Waals surface area contributed by atoms with Crippen molar-refractivity contribution in [2.24, 2.45) is 0 Å². The zero-order valence-electron chi connectivity index (χ0n) is 23.1. The summed E-state index contributed by atoms with van der Waals surface area (Å²) < 4.78 is 31.1. The molecule has 1 aromatic heterocycles. The van der Waals surface area contributed by atoms with E-state index in [-0.39, 0.29) is 0 Å². The molecule has 0 aliphatic rings. The van der Waals surface area contributed by atoms with Crippen molar-refractivity contribution in [2.45, 2.75) is 50.9 Å². The Morgan fingerprint density at radius 2 is 1.41 bits per heavy atom. The Hall–Kier alpha value is -3.83. The van der Waals surface area contributed by atoms with Gasteiger partial charge >= 0.3 is 0 Å². The van der Waals surface area contributed by atoms with E-state index in [1.807, 2.05) is 56.3 Å². The van der Waals surface area contributed by atoms with E-state index < -0.39 is 15.1 Å². The molecule has 0 spiro atoms. The molecule has 0 aliphatic heterocycles. The normalized spacial score (nSPS) is 12.5. The number of sulfone groups is 1. The van der Waals surface area contributed by atoms with Crippen LogP contribution in [0.4, 0.5) is 5.69 Å². The second-order valence-electron chi connectivity index (χ2n) is 10.1. The number of fused-ring (bicyclic) bond motifs is 1. The summed E-state index contributed by atoms with van der Waals surface area (Å²) in [5.41, 5.74) is 7.04. The largest absolute Gasteiger partial charge is 0.367 e. The molecule has 0 saturated heterocycles. The number of para-hydroxylation sites is 1. The van der Waals surface area contributed by atoms with Crippen LogP contribution in [-0.2, 0) is 22.9 Å². The molecule has 200 valence electrons. The van der Waals surface area contributed by atoms with Crippen LogP contribution in [-0.4, -0.2) is 19.5 Å². The Labute approximate surface area is 232 Å². The summed E-state index contributed by atoms with van der Waals surface area (Å²) >= 11 is 0. The number of nitrogens with zero attached hydrogens (tertiary/aromatic N) is 2. The van der Waals surface area contributed by atoms with Crippen LogP contribution in [0.25, 0.3) is 10.9 Å². The first kappa shape index (κ1) is 26.8. The number of rotatable bonds is 9. The van der Waals surface area contributed by atoms with Crippen molar-refractivity contribution in [1.82, 2.24) is 4.57 Å². The van der Waals surface area contributed by atoms with Gasteiger partial charge in [0.05, 0.1) is 4.90 Å². The second kappa shape index (κ2) is 11.1. The van der Waals surface area contributed by atoms with E-state index in [1.165, 1.54) is 5.56 Å². The predicted octanol–water partition coefficient (Wildman–Crippen LogP) is 7.87. The summed E-state index contributed by atoms with van der Waals surface area (Å²) in [6, 6.07) is 33.9. The van der Waals surface area contributed by atoms with E-state index in [4.69, 9.17) is 0 Å². The molecule has 1 atom stereocenters. The molecule has 1 unspecified atom stereocenters. The second-order valence-corrected chi connectivity index (χ2v) is 12.1. The van der Waals surface area contributed by atoms with Gasteiger partial charge in [0.2, 0.25) is 0 Å². The van der Waals surface area contributed by atoms with Gasteiger partial charge in [-0.05, 0) is 69.2 Å². The molecule has 4 nitrogen and oxygen atoms in total. The molecular weight excluding hydrogens is 500 g/mol. The quantitative estimate of drug-likeness (QED) is 0.192. The maximum atomic E-state index is 14.4. The first-order valence-corrected chi connectivity index (χ1v) is 15.2. The third-order valence-corrected chi connectivity index (χ3v) is 9.73. The average Bonchev–Trinajstić information content (AvgIpc) is 3.23. The van der Waals surface area contributed by atoms with Crippen LogP contribution in [0.3, 0.4) is 0 Å². The molecule has 0 fully saturated rings. The van der Waals surface area contributed by atoms with Gasteiger partial charge in [-0.2, -0.15) is 0 Å². The molecule has 0 bridgehead atoms. The van der Waals surface area contributed by atoms with E-state index in [9.17, 15) is 8.42 Å². The van der Waals surface area contributed by atoms with Crippen molar-refractivity contribution in [3.63, 3.8) is 0 Å². The summed E-state index contributed by atoms with van der Waals surface area (Å²) in [5.74, 6) is 0. The minimum atomic E-state index is -3.75. The van der Waals surface area contributed by atoms with Crippen molar-refractivity contribution in [3.05, 3.63) is 131 Å². The highest BCUT2D eigenvalue weighted by molar-refractivity contribution is 7.92. The van der Waals surface area contributed by atoms with E-state index in [0.29, 0.717) is 4.90 Å². The summed E-state index contributed by atoms with van der Waals surface area (Å²) in [6.45, 7) is 10.7. The number of benzene rings is 4. The molecule has 5 rings (SSSR count). The number of hydrogen-bond acceptors (Lipinski definition) is 3. The van der Waals surface area contributed by atoms with Crippen molar-refractivity contribution in [1.29, 1.82) is 0 Å². The number of hydrogen-bond donors (Lipinski definition) is 0. The van der Waals surface area contributed by atoms with Crippen LogP contribution in [0.15, 0.2) is 108 Å². The van der Waals surface area contributed by atoms with Gasteiger partial charge in [-0.25, -0.2) is 8.42 Å². The smallest absolute Gasteiger partial charge is 0.189 e. The minimum Gasteiger partial charge on any atom is -0.367 e. The van der Waals surface area contributed by atoms with Crippen molar-refractivity contribution < 1.29 is 8.42 Å². The summed E-state index contributed by atoms with van der Waals surface area (Å²) in [4.78, 5) is 2.64. The fraction of sp³-hybridized carbons (Fsp3) is 0.235. The molecule has 0 radical (unpaired) electrons. The molecule has 5 heteroatoms. The van der Waals surface area contributed by atoms with E-state index in [0.717, 1.165) is 58.6 Å². The van der Waals surface area contributed by atoms with Crippen LogP contribution in [0, 0.1) is 13.8 Å². The van der Waals surface area contributed by atoms with E-state index >= 15 is 0 Å². The molecule has 39 heavy (non-hydrogen) atoms. The lowest BCUT2D eigenvalue weighted by Crippen LogP contribution is -2.22. The van der Waals surface area contributed by atoms with Gasteiger partial charge in [-0.3, -0.25) is 0 Å². The third kappa shape index (κ3) is 5.11. The topological polar surface area (TPSA) is 42.3 Å². The molecule has 1 heterocycles. The van der Waals surface area contributed by atoms with Gasteiger partial charge in [0, 0.05) is 47.5 Å². The Bertz CT molecular complexity index is 1670. The lowest BCUT2D eigenvalue weighted by Gasteiger charge is -2.25. The highest BCUT2D eigenvalue weighted by atomic mass is 32.2. The minimum absolute atomic E-state index is 0.342. The third-order valence-electron chi connectivity index (χ3n) is 7.68. The number of aryl methyl sites for hydroxylation is 2. The standard InChI is InChI=1S/C34H36N2O2S/c1-5-35(24-27-12-8-7-9-13-27)29-20-18-28(19-21-29)34(39(37,38)30-22-16-25(3)17-23-30)33-26(4)36(6-2)32-15-11-10-14-31(32)33/h7-23,34H,5-6,24H2,1-4H3. The van der Waals surface area contributed by atoms with Gasteiger partial charge in [0.15, 0.2) is 9.84 Å².